The molecule has 1 aromatic rings. The first-order valence-corrected chi connectivity index (χ1v) is 7.93. The smallest absolute Gasteiger partial charge is 0.207 e. The Morgan fingerprint density at radius 2 is 2.00 bits per heavy atom. The summed E-state index contributed by atoms with van der Waals surface area (Å²) in [4.78, 5) is -0.0648. The second-order valence-corrected chi connectivity index (χ2v) is 7.79. The summed E-state index contributed by atoms with van der Waals surface area (Å²) in [5.41, 5.74) is -0.615. The fraction of sp³-hybridized carbons (Fsp3) is 0.385. The van der Waals surface area contributed by atoms with Crippen LogP contribution in [0.25, 0.3) is 0 Å². The van der Waals surface area contributed by atoms with E-state index in [1.165, 1.54) is 22.5 Å². The molecule has 0 aliphatic heterocycles. The Hall–Kier alpha value is -0.720. The maximum absolute atomic E-state index is 13.5. The molecule has 0 aliphatic rings. The Morgan fingerprint density at radius 1 is 1.42 bits per heavy atom. The number of nitrogens with zero attached hydrogens (tertiary/aromatic N) is 1. The van der Waals surface area contributed by atoms with Crippen LogP contribution >= 0.6 is 15.9 Å². The van der Waals surface area contributed by atoms with Gasteiger partial charge in [-0.2, -0.15) is 4.31 Å². The van der Waals surface area contributed by atoms with Crippen LogP contribution in [0.2, 0.25) is 0 Å². The monoisotopic (exact) mass is 349 g/mol. The minimum Gasteiger partial charge on any atom is -0.207 e. The normalized spacial score (nSPS) is 12.7. The molecule has 0 unspecified atom stereocenters. The lowest BCUT2D eigenvalue weighted by atomic mass is 10.1. The maximum Gasteiger partial charge on any atom is 0.243 e. The third-order valence-corrected chi connectivity index (χ3v) is 5.29. The van der Waals surface area contributed by atoms with Crippen LogP contribution in [0, 0.1) is 5.82 Å². The molecule has 0 atom stereocenters. The van der Waals surface area contributed by atoms with Crippen molar-refractivity contribution in [2.45, 2.75) is 31.2 Å². The van der Waals surface area contributed by atoms with E-state index in [-0.39, 0.29) is 15.9 Å². The predicted molar refractivity (Wildman–Crippen MR) is 77.9 cm³/mol. The zero-order valence-electron chi connectivity index (χ0n) is 11.2. The number of hydrogen-bond donors (Lipinski definition) is 0. The van der Waals surface area contributed by atoms with Gasteiger partial charge in [-0.25, -0.2) is 12.8 Å². The van der Waals surface area contributed by atoms with E-state index in [1.807, 2.05) is 0 Å². The average Bonchev–Trinajstić information content (AvgIpc) is 2.27. The highest BCUT2D eigenvalue weighted by atomic mass is 79.9. The van der Waals surface area contributed by atoms with Gasteiger partial charge >= 0.3 is 0 Å². The average molecular weight is 350 g/mol. The zero-order chi connectivity index (χ0) is 14.8. The lowest BCUT2D eigenvalue weighted by Gasteiger charge is -2.33. The maximum atomic E-state index is 13.5. The number of halogens is 2. The van der Waals surface area contributed by atoms with Crippen molar-refractivity contribution in [3.8, 4) is 0 Å². The minimum absolute atomic E-state index is 0.0648. The van der Waals surface area contributed by atoms with Gasteiger partial charge in [0.1, 0.15) is 5.82 Å². The van der Waals surface area contributed by atoms with E-state index in [0.29, 0.717) is 0 Å². The van der Waals surface area contributed by atoms with E-state index >= 15 is 0 Å². The largest absolute Gasteiger partial charge is 0.243 e. The first kappa shape index (κ1) is 16.3. The standard InChI is InChI=1S/C13H17BrFNO2S/c1-5-8-16(13(2,3)4)19(17,18)10-6-7-11(14)12(15)9-10/h5-7,9H,1,8H2,2-4H3. The van der Waals surface area contributed by atoms with Crippen molar-refractivity contribution in [3.05, 3.63) is 41.1 Å². The second-order valence-electron chi connectivity index (χ2n) is 5.07. The molecule has 0 heterocycles. The molecule has 0 saturated carbocycles. The highest BCUT2D eigenvalue weighted by Crippen LogP contribution is 2.26. The number of sulfonamides is 1. The van der Waals surface area contributed by atoms with Crippen LogP contribution in [0.5, 0.6) is 0 Å². The highest BCUT2D eigenvalue weighted by molar-refractivity contribution is 9.10. The third-order valence-electron chi connectivity index (χ3n) is 2.52. The molecule has 0 bridgehead atoms. The van der Waals surface area contributed by atoms with Crippen LogP contribution in [-0.2, 0) is 10.0 Å². The molecule has 19 heavy (non-hydrogen) atoms. The molecule has 0 radical (unpaired) electrons. The van der Waals surface area contributed by atoms with E-state index in [9.17, 15) is 12.8 Å². The lowest BCUT2D eigenvalue weighted by Crippen LogP contribution is -2.45. The first-order chi connectivity index (χ1) is 8.60. The SMILES string of the molecule is C=CCN(C(C)(C)C)S(=O)(=O)c1ccc(Br)c(F)c1. The molecule has 3 nitrogen and oxygen atoms in total. The molecule has 0 saturated heterocycles. The van der Waals surface area contributed by atoms with Crippen molar-refractivity contribution in [3.63, 3.8) is 0 Å². The van der Waals surface area contributed by atoms with Gasteiger partial charge in [0.25, 0.3) is 0 Å². The molecule has 0 amide bonds. The van der Waals surface area contributed by atoms with Crippen molar-refractivity contribution in [1.82, 2.24) is 4.31 Å². The third kappa shape index (κ3) is 3.64. The molecule has 1 rings (SSSR count). The van der Waals surface area contributed by atoms with E-state index in [1.54, 1.807) is 20.8 Å². The minimum atomic E-state index is -3.76. The van der Waals surface area contributed by atoms with Crippen LogP contribution in [0.4, 0.5) is 4.39 Å². The molecule has 0 spiro atoms. The van der Waals surface area contributed by atoms with Gasteiger partial charge in [-0.3, -0.25) is 0 Å². The zero-order valence-corrected chi connectivity index (χ0v) is 13.6. The van der Waals surface area contributed by atoms with Crippen molar-refractivity contribution >= 4 is 26.0 Å². The van der Waals surface area contributed by atoms with E-state index in [2.05, 4.69) is 22.5 Å². The first-order valence-electron chi connectivity index (χ1n) is 5.69. The molecule has 6 heteroatoms. The fourth-order valence-electron chi connectivity index (χ4n) is 1.61. The van der Waals surface area contributed by atoms with Gasteiger partial charge in [0.15, 0.2) is 0 Å². The second kappa shape index (κ2) is 5.73. The summed E-state index contributed by atoms with van der Waals surface area (Å²) in [5, 5.41) is 0. The lowest BCUT2D eigenvalue weighted by molar-refractivity contribution is 0.269. The van der Waals surface area contributed by atoms with Crippen LogP contribution in [0.1, 0.15) is 20.8 Å². The van der Waals surface area contributed by atoms with Crippen molar-refractivity contribution in [1.29, 1.82) is 0 Å². The van der Waals surface area contributed by atoms with Crippen LogP contribution < -0.4 is 0 Å². The molecule has 0 fully saturated rings. The Balaban J connectivity index is 3.34. The molecule has 0 N–H and O–H groups in total. The Bertz CT molecular complexity index is 579. The quantitative estimate of drug-likeness (QED) is 0.779. The summed E-state index contributed by atoms with van der Waals surface area (Å²) in [6.45, 7) is 9.08. The Labute approximate surface area is 122 Å². The summed E-state index contributed by atoms with van der Waals surface area (Å²) >= 11 is 3.00. The summed E-state index contributed by atoms with van der Waals surface area (Å²) in [5.74, 6) is -0.603. The van der Waals surface area contributed by atoms with Gasteiger partial charge in [-0.1, -0.05) is 6.08 Å². The number of hydrogen-bond acceptors (Lipinski definition) is 2. The Kier molecular flexibility index (Phi) is 4.92. The molecular weight excluding hydrogens is 333 g/mol. The van der Waals surface area contributed by atoms with Gasteiger partial charge in [0.05, 0.1) is 9.37 Å². The van der Waals surface area contributed by atoms with Gasteiger partial charge in [0.2, 0.25) is 10.0 Å². The summed E-state index contributed by atoms with van der Waals surface area (Å²) in [6, 6.07) is 3.78. The summed E-state index contributed by atoms with van der Waals surface area (Å²) in [6.07, 6.45) is 1.51. The van der Waals surface area contributed by atoms with Gasteiger partial charge in [-0.15, -0.1) is 6.58 Å². The van der Waals surface area contributed by atoms with Crippen molar-refractivity contribution < 1.29 is 12.8 Å². The van der Waals surface area contributed by atoms with E-state index in [0.717, 1.165) is 6.07 Å². The highest BCUT2D eigenvalue weighted by Gasteiger charge is 2.33. The van der Waals surface area contributed by atoms with Crippen molar-refractivity contribution in [2.75, 3.05) is 6.54 Å². The van der Waals surface area contributed by atoms with E-state index in [4.69, 9.17) is 0 Å². The van der Waals surface area contributed by atoms with Crippen LogP contribution in [0.3, 0.4) is 0 Å². The van der Waals surface area contributed by atoms with Gasteiger partial charge in [-0.05, 0) is 54.9 Å². The number of benzene rings is 1. The van der Waals surface area contributed by atoms with Gasteiger partial charge in [0, 0.05) is 12.1 Å². The van der Waals surface area contributed by atoms with Gasteiger partial charge < -0.3 is 0 Å². The topological polar surface area (TPSA) is 37.4 Å². The molecular formula is C13H17BrFNO2S. The molecule has 0 aliphatic carbocycles. The fourth-order valence-corrected chi connectivity index (χ4v) is 3.63. The number of rotatable bonds is 4. The molecule has 0 aromatic heterocycles. The molecule has 1 aromatic carbocycles. The molecule has 106 valence electrons. The van der Waals surface area contributed by atoms with Crippen LogP contribution in [0.15, 0.2) is 40.2 Å². The van der Waals surface area contributed by atoms with Crippen molar-refractivity contribution in [2.24, 2.45) is 0 Å². The van der Waals surface area contributed by atoms with E-state index < -0.39 is 21.4 Å². The summed E-state index contributed by atoms with van der Waals surface area (Å²) in [7, 11) is -3.76. The van der Waals surface area contributed by atoms with Crippen LogP contribution in [-0.4, -0.2) is 24.8 Å². The predicted octanol–water partition coefficient (Wildman–Crippen LogP) is 3.56. The Morgan fingerprint density at radius 3 is 2.42 bits per heavy atom. The summed E-state index contributed by atoms with van der Waals surface area (Å²) < 4.78 is 40.1.